The van der Waals surface area contributed by atoms with Crippen molar-refractivity contribution in [2.45, 2.75) is 57.4 Å². The SMILES string of the molecule is CC(C)CS(=O)(=O)c1ncc(CN2CCCCC2CO)n1Cc1ccccc1. The second kappa shape index (κ2) is 9.20. The number of hydrogen-bond acceptors (Lipinski definition) is 5. The van der Waals surface area contributed by atoms with Crippen LogP contribution in [0.5, 0.6) is 0 Å². The molecule has 28 heavy (non-hydrogen) atoms. The molecule has 1 N–H and O–H groups in total. The number of imidazole rings is 1. The zero-order valence-electron chi connectivity index (χ0n) is 16.8. The number of aromatic nitrogens is 2. The Morgan fingerprint density at radius 3 is 2.61 bits per heavy atom. The van der Waals surface area contributed by atoms with Crippen molar-refractivity contribution in [3.63, 3.8) is 0 Å². The van der Waals surface area contributed by atoms with E-state index in [1.807, 2.05) is 48.7 Å². The molecule has 1 aliphatic rings. The van der Waals surface area contributed by atoms with E-state index in [2.05, 4.69) is 9.88 Å². The van der Waals surface area contributed by atoms with Crippen LogP contribution < -0.4 is 0 Å². The van der Waals surface area contributed by atoms with Gasteiger partial charge in [0.05, 0.1) is 30.8 Å². The summed E-state index contributed by atoms with van der Waals surface area (Å²) in [5.41, 5.74) is 1.92. The van der Waals surface area contributed by atoms with Gasteiger partial charge in [0.15, 0.2) is 0 Å². The third kappa shape index (κ3) is 5.01. The molecule has 0 saturated carbocycles. The number of sulfone groups is 1. The number of aliphatic hydroxyl groups is 1. The standard InChI is InChI=1S/C21H31N3O3S/c1-17(2)16-28(26,27)21-22-12-20(14-23-11-7-6-10-19(23)15-25)24(21)13-18-8-4-3-5-9-18/h3-5,8-9,12,17,19,25H,6-7,10-11,13-16H2,1-2H3. The molecule has 1 atom stereocenters. The van der Waals surface area contributed by atoms with E-state index in [-0.39, 0.29) is 29.5 Å². The Hall–Kier alpha value is -1.70. The summed E-state index contributed by atoms with van der Waals surface area (Å²) in [4.78, 5) is 6.59. The molecule has 3 rings (SSSR count). The van der Waals surface area contributed by atoms with Crippen LogP contribution in [-0.2, 0) is 22.9 Å². The summed E-state index contributed by atoms with van der Waals surface area (Å²) in [6, 6.07) is 10.00. The summed E-state index contributed by atoms with van der Waals surface area (Å²) in [5, 5.41) is 9.87. The highest BCUT2D eigenvalue weighted by Gasteiger charge is 2.27. The van der Waals surface area contributed by atoms with Crippen molar-refractivity contribution in [3.05, 3.63) is 47.8 Å². The highest BCUT2D eigenvalue weighted by atomic mass is 32.2. The van der Waals surface area contributed by atoms with Gasteiger partial charge in [-0.3, -0.25) is 4.90 Å². The van der Waals surface area contributed by atoms with Crippen molar-refractivity contribution in [2.75, 3.05) is 18.9 Å². The van der Waals surface area contributed by atoms with E-state index < -0.39 is 9.84 Å². The van der Waals surface area contributed by atoms with E-state index >= 15 is 0 Å². The smallest absolute Gasteiger partial charge is 0.228 e. The summed E-state index contributed by atoms with van der Waals surface area (Å²) in [6.45, 7) is 5.93. The van der Waals surface area contributed by atoms with Gasteiger partial charge < -0.3 is 9.67 Å². The van der Waals surface area contributed by atoms with E-state index in [9.17, 15) is 13.5 Å². The molecular formula is C21H31N3O3S. The molecule has 1 aromatic carbocycles. The fourth-order valence-electron chi connectivity index (χ4n) is 3.90. The van der Waals surface area contributed by atoms with E-state index in [1.54, 1.807) is 6.20 Å². The summed E-state index contributed by atoms with van der Waals surface area (Å²) in [7, 11) is -3.47. The number of likely N-dealkylation sites (tertiary alicyclic amines) is 1. The molecule has 2 aromatic rings. The van der Waals surface area contributed by atoms with E-state index in [1.165, 1.54) is 0 Å². The third-order valence-corrected chi connectivity index (χ3v) is 7.23. The van der Waals surface area contributed by atoms with Crippen LogP contribution >= 0.6 is 0 Å². The first-order valence-electron chi connectivity index (χ1n) is 10.1. The van der Waals surface area contributed by atoms with Crippen LogP contribution in [-0.4, -0.2) is 52.9 Å². The lowest BCUT2D eigenvalue weighted by atomic mass is 10.0. The maximum Gasteiger partial charge on any atom is 0.228 e. The Kier molecular flexibility index (Phi) is 6.91. The molecule has 2 heterocycles. The van der Waals surface area contributed by atoms with Gasteiger partial charge in [0.2, 0.25) is 15.0 Å². The predicted octanol–water partition coefficient (Wildman–Crippen LogP) is 2.71. The summed E-state index contributed by atoms with van der Waals surface area (Å²) in [5.74, 6) is 0.123. The third-order valence-electron chi connectivity index (χ3n) is 5.24. The monoisotopic (exact) mass is 405 g/mol. The van der Waals surface area contributed by atoms with Crippen molar-refractivity contribution in [1.29, 1.82) is 0 Å². The second-order valence-corrected chi connectivity index (χ2v) is 10.0. The Balaban J connectivity index is 1.95. The van der Waals surface area contributed by atoms with Crippen LogP contribution in [0.15, 0.2) is 41.7 Å². The normalized spacial score (nSPS) is 18.6. The first-order chi connectivity index (χ1) is 13.4. The number of nitrogens with zero attached hydrogens (tertiary/aromatic N) is 3. The predicted molar refractivity (Wildman–Crippen MR) is 110 cm³/mol. The minimum Gasteiger partial charge on any atom is -0.395 e. The van der Waals surface area contributed by atoms with Gasteiger partial charge in [0.25, 0.3) is 0 Å². The molecule has 0 bridgehead atoms. The Labute approximate surface area is 168 Å². The molecule has 1 unspecified atom stereocenters. The van der Waals surface area contributed by atoms with Gasteiger partial charge in [0.1, 0.15) is 0 Å². The molecule has 1 saturated heterocycles. The van der Waals surface area contributed by atoms with Crippen molar-refractivity contribution in [2.24, 2.45) is 5.92 Å². The number of hydrogen-bond donors (Lipinski definition) is 1. The first-order valence-corrected chi connectivity index (χ1v) is 11.7. The molecular weight excluding hydrogens is 374 g/mol. The minimum atomic E-state index is -3.47. The maximum absolute atomic E-state index is 12.9. The number of benzene rings is 1. The summed E-state index contributed by atoms with van der Waals surface area (Å²) in [6.07, 6.45) is 4.89. The second-order valence-electron chi connectivity index (χ2n) is 8.08. The quantitative estimate of drug-likeness (QED) is 0.731. The van der Waals surface area contributed by atoms with Gasteiger partial charge in [0, 0.05) is 12.6 Å². The van der Waals surface area contributed by atoms with Gasteiger partial charge in [-0.1, -0.05) is 50.6 Å². The van der Waals surface area contributed by atoms with Gasteiger partial charge in [-0.2, -0.15) is 0 Å². The minimum absolute atomic E-state index is 0.0381. The lowest BCUT2D eigenvalue weighted by Crippen LogP contribution is -2.41. The van der Waals surface area contributed by atoms with Crippen LogP contribution in [0, 0.1) is 5.92 Å². The molecule has 7 heteroatoms. The maximum atomic E-state index is 12.9. The molecule has 0 spiro atoms. The molecule has 154 valence electrons. The highest BCUT2D eigenvalue weighted by molar-refractivity contribution is 7.91. The van der Waals surface area contributed by atoms with Crippen molar-refractivity contribution >= 4 is 9.84 Å². The number of rotatable bonds is 8. The summed E-state index contributed by atoms with van der Waals surface area (Å²) < 4.78 is 27.7. The zero-order valence-corrected chi connectivity index (χ0v) is 17.6. The summed E-state index contributed by atoms with van der Waals surface area (Å²) >= 11 is 0. The highest BCUT2D eigenvalue weighted by Crippen LogP contribution is 2.23. The fourth-order valence-corrected chi connectivity index (χ4v) is 5.66. The Morgan fingerprint density at radius 1 is 1.18 bits per heavy atom. The fraction of sp³-hybridized carbons (Fsp3) is 0.571. The van der Waals surface area contributed by atoms with Crippen LogP contribution in [0.3, 0.4) is 0 Å². The average molecular weight is 406 g/mol. The lowest BCUT2D eigenvalue weighted by molar-refractivity contribution is 0.0820. The molecule has 0 amide bonds. The van der Waals surface area contributed by atoms with Gasteiger partial charge in [-0.15, -0.1) is 0 Å². The van der Waals surface area contributed by atoms with E-state index in [0.717, 1.165) is 37.1 Å². The van der Waals surface area contributed by atoms with E-state index in [0.29, 0.717) is 13.1 Å². The van der Waals surface area contributed by atoms with Gasteiger partial charge in [-0.25, -0.2) is 13.4 Å². The molecule has 0 radical (unpaired) electrons. The van der Waals surface area contributed by atoms with Crippen LogP contribution in [0.1, 0.15) is 44.4 Å². The van der Waals surface area contributed by atoms with Crippen LogP contribution in [0.25, 0.3) is 0 Å². The first kappa shape index (κ1) is 21.0. The molecule has 1 aliphatic heterocycles. The van der Waals surface area contributed by atoms with Crippen molar-refractivity contribution in [1.82, 2.24) is 14.5 Å². The van der Waals surface area contributed by atoms with Crippen molar-refractivity contribution < 1.29 is 13.5 Å². The topological polar surface area (TPSA) is 75.4 Å². The molecule has 1 fully saturated rings. The Morgan fingerprint density at radius 2 is 1.93 bits per heavy atom. The van der Waals surface area contributed by atoms with Crippen LogP contribution in [0.2, 0.25) is 0 Å². The lowest BCUT2D eigenvalue weighted by Gasteiger charge is -2.34. The molecule has 1 aromatic heterocycles. The van der Waals surface area contributed by atoms with Crippen LogP contribution in [0.4, 0.5) is 0 Å². The van der Waals surface area contributed by atoms with Gasteiger partial charge in [-0.05, 0) is 30.9 Å². The van der Waals surface area contributed by atoms with Gasteiger partial charge >= 0.3 is 0 Å². The average Bonchev–Trinajstić information content (AvgIpc) is 3.05. The molecule has 0 aliphatic carbocycles. The van der Waals surface area contributed by atoms with Crippen molar-refractivity contribution in [3.8, 4) is 0 Å². The number of aliphatic hydroxyl groups excluding tert-OH is 1. The zero-order chi connectivity index (χ0) is 20.1. The Bertz CT molecular complexity index is 862. The molecule has 6 nitrogen and oxygen atoms in total. The largest absolute Gasteiger partial charge is 0.395 e. The number of piperidine rings is 1. The van der Waals surface area contributed by atoms with E-state index in [4.69, 9.17) is 0 Å².